The Hall–Kier alpha value is -0.620. The van der Waals surface area contributed by atoms with Crippen LogP contribution in [0.2, 0.25) is 0 Å². The Bertz CT molecular complexity index is 492. The molecule has 1 amide bonds. The molecule has 1 aromatic rings. The van der Waals surface area contributed by atoms with Gasteiger partial charge in [0.25, 0.3) is 0 Å². The number of hydrogen-bond donors (Lipinski definition) is 2. The Balaban J connectivity index is 0.00000242. The fraction of sp³-hybridized carbons (Fsp3) is 0.562. The topological polar surface area (TPSA) is 44.4 Å². The number of rotatable bonds is 5. The van der Waals surface area contributed by atoms with Crippen LogP contribution in [0.25, 0.3) is 0 Å². The molecule has 22 heavy (non-hydrogen) atoms. The molecule has 0 aromatic heterocycles. The smallest absolute Gasteiger partial charge is 0.238 e. The Labute approximate surface area is 147 Å². The molecule has 0 spiro atoms. The van der Waals surface area contributed by atoms with Gasteiger partial charge in [-0.05, 0) is 69.6 Å². The molecule has 1 aliphatic heterocycles. The molecule has 0 radical (unpaired) electrons. The van der Waals surface area contributed by atoms with E-state index >= 15 is 0 Å². The van der Waals surface area contributed by atoms with Crippen molar-refractivity contribution in [1.29, 1.82) is 0 Å². The molecule has 1 fully saturated rings. The number of amides is 1. The van der Waals surface area contributed by atoms with Gasteiger partial charge in [0, 0.05) is 16.7 Å². The lowest BCUT2D eigenvalue weighted by Gasteiger charge is -2.27. The first-order valence-corrected chi connectivity index (χ1v) is 8.29. The van der Waals surface area contributed by atoms with Gasteiger partial charge in [0.15, 0.2) is 0 Å². The maximum atomic E-state index is 12.1. The van der Waals surface area contributed by atoms with Crippen molar-refractivity contribution in [2.24, 2.45) is 5.92 Å². The van der Waals surface area contributed by atoms with Gasteiger partial charge in [-0.3, -0.25) is 9.69 Å². The maximum Gasteiger partial charge on any atom is 0.238 e. The van der Waals surface area contributed by atoms with Crippen molar-refractivity contribution in [2.45, 2.75) is 19.8 Å². The number of anilines is 1. The third-order valence-electron chi connectivity index (χ3n) is 3.84. The van der Waals surface area contributed by atoms with Crippen molar-refractivity contribution in [3.8, 4) is 0 Å². The minimum absolute atomic E-state index is 0. The Kier molecular flexibility index (Phi) is 8.39. The lowest BCUT2D eigenvalue weighted by molar-refractivity contribution is -0.117. The standard InChI is InChI=1S/C16H24BrN3O.ClH/c1-12-8-14(17)5-6-15(12)19-16(21)11-20(2)10-13-4-3-7-18-9-13;/h5-6,8,13,18H,3-4,7,9-11H2,1-2H3,(H,19,21);1H. The molecule has 2 rings (SSSR count). The predicted molar refractivity (Wildman–Crippen MR) is 97.8 cm³/mol. The minimum Gasteiger partial charge on any atom is -0.325 e. The first-order chi connectivity index (χ1) is 10.0. The Morgan fingerprint density at radius 2 is 2.27 bits per heavy atom. The number of nitrogens with one attached hydrogen (secondary N) is 2. The summed E-state index contributed by atoms with van der Waals surface area (Å²) >= 11 is 3.43. The van der Waals surface area contributed by atoms with Gasteiger partial charge in [-0.2, -0.15) is 0 Å². The molecule has 0 bridgehead atoms. The van der Waals surface area contributed by atoms with Gasteiger partial charge in [-0.25, -0.2) is 0 Å². The lowest BCUT2D eigenvalue weighted by Crippen LogP contribution is -2.39. The highest BCUT2D eigenvalue weighted by atomic mass is 79.9. The molecule has 4 nitrogen and oxygen atoms in total. The van der Waals surface area contributed by atoms with Crippen molar-refractivity contribution in [1.82, 2.24) is 10.2 Å². The molecule has 1 aliphatic rings. The van der Waals surface area contributed by atoms with E-state index in [2.05, 4.69) is 31.5 Å². The average Bonchev–Trinajstić information content (AvgIpc) is 2.43. The molecule has 1 atom stereocenters. The van der Waals surface area contributed by atoms with Crippen LogP contribution in [0.1, 0.15) is 18.4 Å². The summed E-state index contributed by atoms with van der Waals surface area (Å²) < 4.78 is 1.03. The SMILES string of the molecule is Cc1cc(Br)ccc1NC(=O)CN(C)CC1CCCNC1.Cl. The van der Waals surface area contributed by atoms with Crippen LogP contribution in [0.5, 0.6) is 0 Å². The van der Waals surface area contributed by atoms with Gasteiger partial charge in [-0.1, -0.05) is 15.9 Å². The number of hydrogen-bond acceptors (Lipinski definition) is 3. The quantitative estimate of drug-likeness (QED) is 0.812. The maximum absolute atomic E-state index is 12.1. The Morgan fingerprint density at radius 1 is 1.50 bits per heavy atom. The third-order valence-corrected chi connectivity index (χ3v) is 4.34. The van der Waals surface area contributed by atoms with E-state index < -0.39 is 0 Å². The fourth-order valence-corrected chi connectivity index (χ4v) is 3.26. The summed E-state index contributed by atoms with van der Waals surface area (Å²) in [4.78, 5) is 14.2. The normalized spacial score (nSPS) is 17.9. The predicted octanol–water partition coefficient (Wildman–Crippen LogP) is 3.05. The summed E-state index contributed by atoms with van der Waals surface area (Å²) in [5.74, 6) is 0.706. The second-order valence-electron chi connectivity index (χ2n) is 5.92. The van der Waals surface area contributed by atoms with E-state index in [0.717, 1.165) is 35.4 Å². The van der Waals surface area contributed by atoms with Gasteiger partial charge in [0.1, 0.15) is 0 Å². The van der Waals surface area contributed by atoms with Crippen LogP contribution in [0.15, 0.2) is 22.7 Å². The van der Waals surface area contributed by atoms with E-state index in [1.807, 2.05) is 32.2 Å². The van der Waals surface area contributed by atoms with E-state index in [-0.39, 0.29) is 18.3 Å². The van der Waals surface area contributed by atoms with Crippen LogP contribution in [0, 0.1) is 12.8 Å². The van der Waals surface area contributed by atoms with Crippen LogP contribution in [-0.2, 0) is 4.79 Å². The van der Waals surface area contributed by atoms with Gasteiger partial charge in [0.2, 0.25) is 5.91 Å². The van der Waals surface area contributed by atoms with Crippen LogP contribution in [-0.4, -0.2) is 44.0 Å². The highest BCUT2D eigenvalue weighted by Gasteiger charge is 2.16. The van der Waals surface area contributed by atoms with Crippen molar-refractivity contribution in [2.75, 3.05) is 38.5 Å². The van der Waals surface area contributed by atoms with Gasteiger partial charge in [-0.15, -0.1) is 12.4 Å². The summed E-state index contributed by atoms with van der Waals surface area (Å²) in [6.07, 6.45) is 2.49. The molecule has 1 unspecified atom stereocenters. The lowest BCUT2D eigenvalue weighted by atomic mass is 9.99. The van der Waals surface area contributed by atoms with Crippen LogP contribution < -0.4 is 10.6 Å². The molecular weight excluding hydrogens is 366 g/mol. The van der Waals surface area contributed by atoms with Crippen molar-refractivity contribution in [3.05, 3.63) is 28.2 Å². The third kappa shape index (κ3) is 6.24. The summed E-state index contributed by atoms with van der Waals surface area (Å²) in [7, 11) is 2.02. The summed E-state index contributed by atoms with van der Waals surface area (Å²) in [6.45, 7) is 5.60. The summed E-state index contributed by atoms with van der Waals surface area (Å²) in [5, 5.41) is 6.40. The number of nitrogens with zero attached hydrogens (tertiary/aromatic N) is 1. The largest absolute Gasteiger partial charge is 0.325 e. The van der Waals surface area contributed by atoms with Crippen molar-refractivity contribution in [3.63, 3.8) is 0 Å². The molecular formula is C16H25BrClN3O. The number of aryl methyl sites for hydroxylation is 1. The molecule has 6 heteroatoms. The number of piperidine rings is 1. The zero-order valence-electron chi connectivity index (χ0n) is 13.2. The molecule has 2 N–H and O–H groups in total. The van der Waals surface area contributed by atoms with E-state index in [9.17, 15) is 4.79 Å². The highest BCUT2D eigenvalue weighted by molar-refractivity contribution is 9.10. The van der Waals surface area contributed by atoms with Gasteiger partial charge >= 0.3 is 0 Å². The molecule has 0 saturated carbocycles. The van der Waals surface area contributed by atoms with Crippen molar-refractivity contribution >= 4 is 39.9 Å². The number of halogens is 2. The minimum atomic E-state index is 0. The van der Waals surface area contributed by atoms with Crippen LogP contribution >= 0.6 is 28.3 Å². The molecule has 1 aromatic carbocycles. The van der Waals surface area contributed by atoms with Gasteiger partial charge in [0.05, 0.1) is 6.54 Å². The highest BCUT2D eigenvalue weighted by Crippen LogP contribution is 2.20. The first-order valence-electron chi connectivity index (χ1n) is 7.50. The van der Waals surface area contributed by atoms with Crippen LogP contribution in [0.4, 0.5) is 5.69 Å². The average molecular weight is 391 g/mol. The van der Waals surface area contributed by atoms with E-state index in [4.69, 9.17) is 0 Å². The fourth-order valence-electron chi connectivity index (χ4n) is 2.79. The second-order valence-corrected chi connectivity index (χ2v) is 6.83. The Morgan fingerprint density at radius 3 is 2.91 bits per heavy atom. The van der Waals surface area contributed by atoms with Gasteiger partial charge < -0.3 is 10.6 Å². The van der Waals surface area contributed by atoms with Crippen LogP contribution in [0.3, 0.4) is 0 Å². The van der Waals surface area contributed by atoms with E-state index in [0.29, 0.717) is 12.5 Å². The number of carbonyl (C=O) groups excluding carboxylic acids is 1. The molecule has 0 aliphatic carbocycles. The molecule has 1 heterocycles. The first kappa shape index (κ1) is 19.4. The summed E-state index contributed by atoms with van der Waals surface area (Å²) in [5.41, 5.74) is 1.95. The summed E-state index contributed by atoms with van der Waals surface area (Å²) in [6, 6.07) is 5.88. The van der Waals surface area contributed by atoms with Crippen molar-refractivity contribution < 1.29 is 4.79 Å². The zero-order chi connectivity index (χ0) is 15.2. The van der Waals surface area contributed by atoms with E-state index in [1.165, 1.54) is 12.8 Å². The monoisotopic (exact) mass is 389 g/mol. The molecule has 1 saturated heterocycles. The zero-order valence-corrected chi connectivity index (χ0v) is 15.6. The second kappa shape index (κ2) is 9.50. The number of benzene rings is 1. The number of likely N-dealkylation sites (N-methyl/N-ethyl adjacent to an activating group) is 1. The van der Waals surface area contributed by atoms with E-state index in [1.54, 1.807) is 0 Å². The number of carbonyl (C=O) groups is 1. The molecule has 124 valence electrons.